The van der Waals surface area contributed by atoms with Crippen molar-refractivity contribution in [2.45, 2.75) is 6.92 Å². The molecule has 0 saturated heterocycles. The molecule has 0 aliphatic carbocycles. The Morgan fingerprint density at radius 3 is 2.70 bits per heavy atom. The van der Waals surface area contributed by atoms with Gasteiger partial charge in [-0.3, -0.25) is 4.57 Å². The number of hydrogen-bond donors (Lipinski definition) is 1. The first kappa shape index (κ1) is 12.5. The summed E-state index contributed by atoms with van der Waals surface area (Å²) < 4.78 is 1.77. The zero-order chi connectivity index (χ0) is 14.1. The van der Waals surface area contributed by atoms with E-state index >= 15 is 0 Å². The molecule has 0 atom stereocenters. The number of aromatic nitrogens is 2. The Balaban J connectivity index is 2.06. The number of anilines is 1. The Labute approximate surface area is 120 Å². The molecule has 20 heavy (non-hydrogen) atoms. The van der Waals surface area contributed by atoms with Crippen LogP contribution in [-0.2, 0) is 0 Å². The molecular formula is C15H12N4S. The lowest BCUT2D eigenvalue weighted by molar-refractivity contribution is 1.06. The molecule has 0 aliphatic heterocycles. The number of hydrogen-bond acceptors (Lipinski definition) is 4. The molecule has 0 amide bonds. The van der Waals surface area contributed by atoms with Crippen LogP contribution in [0.1, 0.15) is 11.1 Å². The molecule has 0 unspecified atom stereocenters. The maximum absolute atomic E-state index is 9.08. The van der Waals surface area contributed by atoms with E-state index < -0.39 is 0 Å². The zero-order valence-corrected chi connectivity index (χ0v) is 11.7. The van der Waals surface area contributed by atoms with Crippen molar-refractivity contribution >= 4 is 17.2 Å². The van der Waals surface area contributed by atoms with Crippen LogP contribution in [0.3, 0.4) is 0 Å². The smallest absolute Gasteiger partial charge is 0.195 e. The fourth-order valence-corrected chi connectivity index (χ4v) is 2.89. The number of rotatable bonds is 2. The minimum atomic E-state index is 0.443. The Hall–Kier alpha value is -2.58. The lowest BCUT2D eigenvalue weighted by Gasteiger charge is -2.00. The molecule has 2 N–H and O–H groups in total. The van der Waals surface area contributed by atoms with Gasteiger partial charge in [-0.05, 0) is 12.5 Å². The molecule has 3 rings (SSSR count). The van der Waals surface area contributed by atoms with Crippen LogP contribution < -0.4 is 5.73 Å². The van der Waals surface area contributed by atoms with Gasteiger partial charge >= 0.3 is 0 Å². The molecular weight excluding hydrogens is 268 g/mol. The van der Waals surface area contributed by atoms with E-state index in [1.807, 2.05) is 48.8 Å². The first-order chi connectivity index (χ1) is 9.70. The monoisotopic (exact) mass is 280 g/mol. The molecule has 0 fully saturated rings. The highest BCUT2D eigenvalue weighted by Gasteiger charge is 2.14. The second-order valence-electron chi connectivity index (χ2n) is 4.44. The number of thiazole rings is 1. The van der Waals surface area contributed by atoms with Crippen molar-refractivity contribution in [3.63, 3.8) is 0 Å². The maximum atomic E-state index is 9.08. The van der Waals surface area contributed by atoms with Crippen LogP contribution in [0.4, 0.5) is 5.82 Å². The summed E-state index contributed by atoms with van der Waals surface area (Å²) in [5.74, 6) is 0.443. The molecule has 2 heterocycles. The number of aryl methyl sites for hydroxylation is 1. The van der Waals surface area contributed by atoms with Crippen molar-refractivity contribution in [3.05, 3.63) is 53.0 Å². The van der Waals surface area contributed by atoms with Crippen LogP contribution in [0.25, 0.3) is 16.4 Å². The first-order valence-corrected chi connectivity index (χ1v) is 6.97. The van der Waals surface area contributed by atoms with E-state index in [2.05, 4.69) is 11.1 Å². The van der Waals surface area contributed by atoms with Crippen molar-refractivity contribution in [1.29, 1.82) is 5.26 Å². The largest absolute Gasteiger partial charge is 0.384 e. The topological polar surface area (TPSA) is 67.6 Å². The Kier molecular flexibility index (Phi) is 3.01. The Morgan fingerprint density at radius 1 is 1.30 bits per heavy atom. The van der Waals surface area contributed by atoms with E-state index in [1.54, 1.807) is 4.57 Å². The van der Waals surface area contributed by atoms with E-state index in [-0.39, 0.29) is 0 Å². The minimum Gasteiger partial charge on any atom is -0.384 e. The molecule has 0 aliphatic rings. The molecule has 0 saturated carbocycles. The van der Waals surface area contributed by atoms with Gasteiger partial charge < -0.3 is 5.73 Å². The molecule has 98 valence electrons. The standard InChI is InChI=1S/C15H12N4S/c1-10-8-19(14(17)12(10)7-16)15-18-13(9-20-15)11-5-3-2-4-6-11/h2-6,8-9H,17H2,1H3. The fraction of sp³-hybridized carbons (Fsp3) is 0.0667. The molecule has 5 heteroatoms. The van der Waals surface area contributed by atoms with Crippen LogP contribution in [0.5, 0.6) is 0 Å². The Bertz CT molecular complexity index is 793. The third-order valence-electron chi connectivity index (χ3n) is 3.11. The van der Waals surface area contributed by atoms with Gasteiger partial charge in [0.05, 0.1) is 11.3 Å². The van der Waals surface area contributed by atoms with Gasteiger partial charge in [0.2, 0.25) is 0 Å². The molecule has 1 aromatic carbocycles. The van der Waals surface area contributed by atoms with E-state index in [4.69, 9.17) is 11.0 Å². The van der Waals surface area contributed by atoms with Crippen LogP contribution in [0, 0.1) is 18.3 Å². The maximum Gasteiger partial charge on any atom is 0.195 e. The van der Waals surface area contributed by atoms with Crippen LogP contribution in [0.15, 0.2) is 41.9 Å². The highest BCUT2D eigenvalue weighted by atomic mass is 32.1. The average Bonchev–Trinajstić information content (AvgIpc) is 3.05. The van der Waals surface area contributed by atoms with Gasteiger partial charge in [0.15, 0.2) is 5.13 Å². The van der Waals surface area contributed by atoms with Crippen molar-refractivity contribution < 1.29 is 0 Å². The summed E-state index contributed by atoms with van der Waals surface area (Å²) in [5, 5.41) is 11.8. The van der Waals surface area contributed by atoms with E-state index in [1.165, 1.54) is 11.3 Å². The number of nitrogen functional groups attached to an aromatic ring is 1. The highest BCUT2D eigenvalue weighted by molar-refractivity contribution is 7.12. The molecule has 0 radical (unpaired) electrons. The summed E-state index contributed by atoms with van der Waals surface area (Å²) in [4.78, 5) is 4.59. The van der Waals surface area contributed by atoms with E-state index in [0.29, 0.717) is 11.4 Å². The third kappa shape index (κ3) is 1.96. The highest BCUT2D eigenvalue weighted by Crippen LogP contribution is 2.28. The summed E-state index contributed by atoms with van der Waals surface area (Å²) in [6.45, 7) is 1.87. The summed E-state index contributed by atoms with van der Waals surface area (Å²) >= 11 is 1.51. The van der Waals surface area contributed by atoms with Gasteiger partial charge in [0.1, 0.15) is 11.9 Å². The van der Waals surface area contributed by atoms with Crippen molar-refractivity contribution in [3.8, 4) is 22.5 Å². The molecule has 2 aromatic heterocycles. The van der Waals surface area contributed by atoms with Gasteiger partial charge in [0.25, 0.3) is 0 Å². The van der Waals surface area contributed by atoms with E-state index in [9.17, 15) is 0 Å². The van der Waals surface area contributed by atoms with E-state index in [0.717, 1.165) is 22.0 Å². The van der Waals surface area contributed by atoms with Crippen molar-refractivity contribution in [2.24, 2.45) is 0 Å². The second kappa shape index (κ2) is 4.83. The molecule has 4 nitrogen and oxygen atoms in total. The normalized spacial score (nSPS) is 10.4. The summed E-state index contributed by atoms with van der Waals surface area (Å²) in [6, 6.07) is 12.1. The van der Waals surface area contributed by atoms with Crippen molar-refractivity contribution in [2.75, 3.05) is 5.73 Å². The number of benzene rings is 1. The molecule has 3 aromatic rings. The summed E-state index contributed by atoms with van der Waals surface area (Å²) in [5.41, 5.74) is 9.36. The lowest BCUT2D eigenvalue weighted by Crippen LogP contribution is -1.99. The zero-order valence-electron chi connectivity index (χ0n) is 10.9. The average molecular weight is 280 g/mol. The molecule has 0 spiro atoms. The SMILES string of the molecule is Cc1cn(-c2nc(-c3ccccc3)cs2)c(N)c1C#N. The number of nitrogens with two attached hydrogens (primary N) is 1. The van der Waals surface area contributed by atoms with Gasteiger partial charge in [0, 0.05) is 17.1 Å². The van der Waals surface area contributed by atoms with Gasteiger partial charge in [-0.15, -0.1) is 11.3 Å². The lowest BCUT2D eigenvalue weighted by atomic mass is 10.2. The second-order valence-corrected chi connectivity index (χ2v) is 5.27. The fourth-order valence-electron chi connectivity index (χ4n) is 2.07. The third-order valence-corrected chi connectivity index (χ3v) is 3.95. The predicted molar refractivity (Wildman–Crippen MR) is 80.7 cm³/mol. The van der Waals surface area contributed by atoms with Crippen molar-refractivity contribution in [1.82, 2.24) is 9.55 Å². The van der Waals surface area contributed by atoms with Crippen LogP contribution in [-0.4, -0.2) is 9.55 Å². The van der Waals surface area contributed by atoms with Gasteiger partial charge in [-0.25, -0.2) is 4.98 Å². The summed E-state index contributed by atoms with van der Waals surface area (Å²) in [7, 11) is 0. The summed E-state index contributed by atoms with van der Waals surface area (Å²) in [6.07, 6.45) is 1.85. The van der Waals surface area contributed by atoms with Gasteiger partial charge in [-0.2, -0.15) is 5.26 Å². The van der Waals surface area contributed by atoms with Gasteiger partial charge in [-0.1, -0.05) is 30.3 Å². The first-order valence-electron chi connectivity index (χ1n) is 6.09. The molecule has 0 bridgehead atoms. The number of nitrogens with zero attached hydrogens (tertiary/aromatic N) is 3. The van der Waals surface area contributed by atoms with Crippen LogP contribution in [0.2, 0.25) is 0 Å². The number of nitriles is 1. The Morgan fingerprint density at radius 2 is 2.05 bits per heavy atom. The predicted octanol–water partition coefficient (Wildman–Crippen LogP) is 3.36. The van der Waals surface area contributed by atoms with Crippen LogP contribution >= 0.6 is 11.3 Å². The minimum absolute atomic E-state index is 0.443. The quantitative estimate of drug-likeness (QED) is 0.782.